The molecule has 33 heavy (non-hydrogen) atoms. The lowest BCUT2D eigenvalue weighted by Gasteiger charge is -2.31. The highest BCUT2D eigenvalue weighted by molar-refractivity contribution is 5.94. The minimum Gasteiger partial charge on any atom is -0.508 e. The molecule has 3 N–H and O–H groups in total. The zero-order valence-corrected chi connectivity index (χ0v) is 18.5. The minimum atomic E-state index is -1.27. The number of carbonyl (C=O) groups is 2. The van der Waals surface area contributed by atoms with Gasteiger partial charge in [0.15, 0.2) is 0 Å². The van der Waals surface area contributed by atoms with Crippen LogP contribution in [-0.4, -0.2) is 22.5 Å². The second kappa shape index (κ2) is 11.0. The maximum Gasteiger partial charge on any atom is 0.245 e. The van der Waals surface area contributed by atoms with Gasteiger partial charge in [-0.05, 0) is 42.2 Å². The monoisotopic (exact) mass is 441 g/mol. The number of benzene rings is 3. The lowest BCUT2D eigenvalue weighted by atomic mass is 9.88. The normalized spacial score (nSPS) is 12.4. The molecule has 1 unspecified atom stereocenters. The average Bonchev–Trinajstić information content (AvgIpc) is 2.83. The Hall–Kier alpha value is -4.11. The van der Waals surface area contributed by atoms with E-state index < -0.39 is 11.5 Å². The second-order valence-electron chi connectivity index (χ2n) is 8.08. The van der Waals surface area contributed by atoms with Crippen molar-refractivity contribution < 1.29 is 14.7 Å². The highest BCUT2D eigenvalue weighted by Gasteiger charge is 2.37. The Bertz CT molecular complexity index is 1070. The molecule has 0 aliphatic carbocycles. The number of rotatable bonds is 9. The van der Waals surface area contributed by atoms with Crippen LogP contribution in [0, 0.1) is 11.3 Å². The van der Waals surface area contributed by atoms with Crippen LogP contribution in [0.15, 0.2) is 84.9 Å². The summed E-state index contributed by atoms with van der Waals surface area (Å²) in [4.78, 5) is 26.7. The van der Waals surface area contributed by atoms with E-state index in [0.29, 0.717) is 0 Å². The Kier molecular flexibility index (Phi) is 7.82. The summed E-state index contributed by atoms with van der Waals surface area (Å²) >= 11 is 0. The van der Waals surface area contributed by atoms with Gasteiger partial charge in [-0.1, -0.05) is 72.8 Å². The first-order chi connectivity index (χ1) is 15.9. The van der Waals surface area contributed by atoms with E-state index in [1.807, 2.05) is 60.7 Å². The van der Waals surface area contributed by atoms with Crippen LogP contribution in [0.25, 0.3) is 0 Å². The quantitative estimate of drug-likeness (QED) is 0.467. The van der Waals surface area contributed by atoms with Crippen molar-refractivity contribution in [3.05, 3.63) is 102 Å². The SMILES string of the molecule is CC(CCC#N)(NC(=O)C(c1ccccc1)c1ccccc1)C(=O)NCc1ccc(O)cc1. The predicted octanol–water partition coefficient (Wildman–Crippen LogP) is 4.02. The van der Waals surface area contributed by atoms with Crippen molar-refractivity contribution in [1.82, 2.24) is 10.6 Å². The molecule has 0 heterocycles. The van der Waals surface area contributed by atoms with Gasteiger partial charge in [0, 0.05) is 13.0 Å². The summed E-state index contributed by atoms with van der Waals surface area (Å²) in [6.45, 7) is 1.87. The lowest BCUT2D eigenvalue weighted by Crippen LogP contribution is -2.57. The number of nitriles is 1. The predicted molar refractivity (Wildman–Crippen MR) is 126 cm³/mol. The molecule has 168 valence electrons. The zero-order valence-electron chi connectivity index (χ0n) is 18.5. The van der Waals surface area contributed by atoms with Crippen molar-refractivity contribution in [2.75, 3.05) is 0 Å². The number of phenols is 1. The molecule has 1 atom stereocenters. The van der Waals surface area contributed by atoms with Crippen LogP contribution < -0.4 is 10.6 Å². The van der Waals surface area contributed by atoms with Crippen LogP contribution in [0.1, 0.15) is 42.4 Å². The van der Waals surface area contributed by atoms with Gasteiger partial charge in [-0.25, -0.2) is 0 Å². The number of hydrogen-bond acceptors (Lipinski definition) is 4. The van der Waals surface area contributed by atoms with E-state index in [0.717, 1.165) is 16.7 Å². The van der Waals surface area contributed by atoms with Gasteiger partial charge < -0.3 is 15.7 Å². The van der Waals surface area contributed by atoms with Crippen molar-refractivity contribution >= 4 is 11.8 Å². The first-order valence-corrected chi connectivity index (χ1v) is 10.8. The van der Waals surface area contributed by atoms with E-state index in [1.165, 1.54) is 0 Å². The van der Waals surface area contributed by atoms with Crippen molar-refractivity contribution in [1.29, 1.82) is 5.26 Å². The van der Waals surface area contributed by atoms with Gasteiger partial charge in [0.25, 0.3) is 0 Å². The van der Waals surface area contributed by atoms with Crippen LogP contribution in [0.4, 0.5) is 0 Å². The number of aromatic hydroxyl groups is 1. The third kappa shape index (κ3) is 6.20. The van der Waals surface area contributed by atoms with Crippen LogP contribution in [0.3, 0.4) is 0 Å². The van der Waals surface area contributed by atoms with Gasteiger partial charge in [-0.2, -0.15) is 5.26 Å². The largest absolute Gasteiger partial charge is 0.508 e. The molecule has 6 heteroatoms. The van der Waals surface area contributed by atoms with E-state index >= 15 is 0 Å². The molecule has 0 aliphatic heterocycles. The number of amides is 2. The summed E-state index contributed by atoms with van der Waals surface area (Å²) < 4.78 is 0. The zero-order chi connectivity index (χ0) is 23.7. The molecule has 0 bridgehead atoms. The smallest absolute Gasteiger partial charge is 0.245 e. The number of nitrogens with zero attached hydrogens (tertiary/aromatic N) is 1. The molecule has 3 aromatic carbocycles. The summed E-state index contributed by atoms with van der Waals surface area (Å²) in [6, 6.07) is 27.4. The number of carbonyl (C=O) groups excluding carboxylic acids is 2. The van der Waals surface area contributed by atoms with Gasteiger partial charge in [0.05, 0.1) is 12.0 Å². The molecule has 0 saturated heterocycles. The van der Waals surface area contributed by atoms with Crippen molar-refractivity contribution in [3.63, 3.8) is 0 Å². The molecular weight excluding hydrogens is 414 g/mol. The van der Waals surface area contributed by atoms with E-state index in [-0.39, 0.29) is 37.0 Å². The maximum absolute atomic E-state index is 13.5. The van der Waals surface area contributed by atoms with Crippen LogP contribution in [-0.2, 0) is 16.1 Å². The topological polar surface area (TPSA) is 102 Å². The van der Waals surface area contributed by atoms with E-state index in [4.69, 9.17) is 5.26 Å². The van der Waals surface area contributed by atoms with Crippen molar-refractivity contribution in [3.8, 4) is 11.8 Å². The fourth-order valence-corrected chi connectivity index (χ4v) is 3.66. The Morgan fingerprint density at radius 3 is 2.00 bits per heavy atom. The minimum absolute atomic E-state index is 0.116. The number of nitrogens with one attached hydrogen (secondary N) is 2. The summed E-state index contributed by atoms with van der Waals surface area (Å²) in [6.07, 6.45) is 0.289. The fraction of sp³-hybridized carbons (Fsp3) is 0.222. The molecule has 3 rings (SSSR count). The summed E-state index contributed by atoms with van der Waals surface area (Å²) in [5.41, 5.74) is 1.16. The molecule has 2 amide bonds. The molecule has 6 nitrogen and oxygen atoms in total. The van der Waals surface area contributed by atoms with Gasteiger partial charge in [0.2, 0.25) is 11.8 Å². The Labute approximate surface area is 193 Å². The Balaban J connectivity index is 1.83. The van der Waals surface area contributed by atoms with Crippen molar-refractivity contribution in [2.45, 2.75) is 37.8 Å². The Morgan fingerprint density at radius 1 is 0.939 bits per heavy atom. The standard InChI is InChI=1S/C27H27N3O3/c1-27(17-8-18-28,26(33)29-19-20-13-15-23(31)16-14-20)30-25(32)24(21-9-4-2-5-10-21)22-11-6-3-7-12-22/h2-7,9-16,24,31H,8,17,19H2,1H3,(H,29,33)(H,30,32). The second-order valence-corrected chi connectivity index (χ2v) is 8.08. The summed E-state index contributed by atoms with van der Waals surface area (Å²) in [5, 5.41) is 24.3. The molecule has 0 fully saturated rings. The lowest BCUT2D eigenvalue weighted by molar-refractivity contribution is -0.133. The van der Waals surface area contributed by atoms with Gasteiger partial charge >= 0.3 is 0 Å². The van der Waals surface area contributed by atoms with Crippen LogP contribution >= 0.6 is 0 Å². The van der Waals surface area contributed by atoms with Crippen LogP contribution in [0.2, 0.25) is 0 Å². The fourth-order valence-electron chi connectivity index (χ4n) is 3.66. The molecular formula is C27H27N3O3. The molecule has 0 aliphatic rings. The molecule has 0 aromatic heterocycles. The molecule has 0 saturated carbocycles. The third-order valence-electron chi connectivity index (χ3n) is 5.55. The average molecular weight is 442 g/mol. The maximum atomic E-state index is 13.5. The summed E-state index contributed by atoms with van der Waals surface area (Å²) in [7, 11) is 0. The number of hydrogen-bond donors (Lipinski definition) is 3. The first kappa shape index (κ1) is 23.6. The highest BCUT2D eigenvalue weighted by Crippen LogP contribution is 2.26. The number of phenolic OH excluding ortho intramolecular Hbond substituents is 1. The van der Waals surface area contributed by atoms with Gasteiger partial charge in [-0.15, -0.1) is 0 Å². The third-order valence-corrected chi connectivity index (χ3v) is 5.55. The first-order valence-electron chi connectivity index (χ1n) is 10.8. The molecule has 0 spiro atoms. The van der Waals surface area contributed by atoms with Gasteiger partial charge in [-0.3, -0.25) is 9.59 Å². The Morgan fingerprint density at radius 2 is 1.48 bits per heavy atom. The summed E-state index contributed by atoms with van der Waals surface area (Å²) in [5.74, 6) is -1.14. The molecule has 3 aromatic rings. The molecule has 0 radical (unpaired) electrons. The van der Waals surface area contributed by atoms with Gasteiger partial charge in [0.1, 0.15) is 11.3 Å². The van der Waals surface area contributed by atoms with Crippen molar-refractivity contribution in [2.24, 2.45) is 0 Å². The van der Waals surface area contributed by atoms with E-state index in [1.54, 1.807) is 31.2 Å². The van der Waals surface area contributed by atoms with Crippen LogP contribution in [0.5, 0.6) is 5.75 Å². The highest BCUT2D eigenvalue weighted by atomic mass is 16.3. The van der Waals surface area contributed by atoms with E-state index in [2.05, 4.69) is 16.7 Å². The van der Waals surface area contributed by atoms with E-state index in [9.17, 15) is 14.7 Å².